The number of aromatic nitrogens is 1. The molecule has 0 saturated heterocycles. The fourth-order valence-corrected chi connectivity index (χ4v) is 3.07. The third-order valence-electron chi connectivity index (χ3n) is 4.08. The number of carbonyl (C=O) groups is 3. The predicted octanol–water partition coefficient (Wildman–Crippen LogP) is 3.84. The molecule has 0 spiro atoms. The van der Waals surface area contributed by atoms with Gasteiger partial charge in [-0.15, -0.1) is 0 Å². The first kappa shape index (κ1) is 22.6. The van der Waals surface area contributed by atoms with E-state index in [4.69, 9.17) is 9.47 Å². The maximum atomic E-state index is 12.4. The van der Waals surface area contributed by atoms with Crippen molar-refractivity contribution in [2.24, 2.45) is 5.92 Å². The molecular formula is C21H31N3O5. The third-order valence-corrected chi connectivity index (χ3v) is 4.08. The molecule has 2 unspecified atom stereocenters. The number of pyridine rings is 1. The van der Waals surface area contributed by atoms with Gasteiger partial charge in [0.25, 0.3) is 0 Å². The Balaban J connectivity index is 1.92. The number of hydrogen-bond donors (Lipinski definition) is 2. The van der Waals surface area contributed by atoms with E-state index in [1.165, 1.54) is 0 Å². The predicted molar refractivity (Wildman–Crippen MR) is 109 cm³/mol. The van der Waals surface area contributed by atoms with Gasteiger partial charge in [0.05, 0.1) is 0 Å². The van der Waals surface area contributed by atoms with Crippen molar-refractivity contribution in [1.29, 1.82) is 0 Å². The zero-order valence-corrected chi connectivity index (χ0v) is 18.0. The number of alkyl carbamates (subject to hydrolysis) is 1. The van der Waals surface area contributed by atoms with Crippen LogP contribution in [0.4, 0.5) is 15.4 Å². The van der Waals surface area contributed by atoms with Gasteiger partial charge in [-0.25, -0.2) is 14.6 Å². The van der Waals surface area contributed by atoms with Crippen LogP contribution >= 0.6 is 0 Å². The minimum Gasteiger partial charge on any atom is -0.444 e. The van der Waals surface area contributed by atoms with Gasteiger partial charge in [-0.3, -0.25) is 10.1 Å². The lowest BCUT2D eigenvalue weighted by Crippen LogP contribution is -2.38. The lowest BCUT2D eigenvalue weighted by atomic mass is 10.00. The minimum atomic E-state index is -0.603. The van der Waals surface area contributed by atoms with Gasteiger partial charge in [-0.2, -0.15) is 0 Å². The minimum absolute atomic E-state index is 0.0818. The number of hydrogen-bond acceptors (Lipinski definition) is 6. The molecule has 1 aromatic heterocycles. The topological polar surface area (TPSA) is 107 Å². The Labute approximate surface area is 171 Å². The van der Waals surface area contributed by atoms with E-state index in [-0.39, 0.29) is 24.2 Å². The molecule has 0 aliphatic heterocycles. The first-order valence-electron chi connectivity index (χ1n) is 9.79. The highest BCUT2D eigenvalue weighted by molar-refractivity contribution is 5.85. The summed E-state index contributed by atoms with van der Waals surface area (Å²) in [6.07, 6.45) is 0.150. The van der Waals surface area contributed by atoms with Crippen molar-refractivity contribution in [2.45, 2.75) is 78.0 Å². The van der Waals surface area contributed by atoms with Crippen molar-refractivity contribution in [2.75, 3.05) is 5.32 Å². The Morgan fingerprint density at radius 1 is 1.07 bits per heavy atom. The summed E-state index contributed by atoms with van der Waals surface area (Å²) < 4.78 is 10.5. The van der Waals surface area contributed by atoms with Crippen LogP contribution < -0.4 is 10.6 Å². The Kier molecular flexibility index (Phi) is 6.87. The third kappa shape index (κ3) is 8.09. The molecule has 1 aromatic rings. The number of Topliss-reactive ketones (excluding diaryl/α,β-unsaturated/α-hetero) is 1. The fourth-order valence-electron chi connectivity index (χ4n) is 3.07. The van der Waals surface area contributed by atoms with E-state index in [1.807, 2.05) is 6.07 Å². The summed E-state index contributed by atoms with van der Waals surface area (Å²) in [4.78, 5) is 40.6. The van der Waals surface area contributed by atoms with Crippen molar-refractivity contribution in [3.05, 3.63) is 23.9 Å². The zero-order chi connectivity index (χ0) is 21.8. The molecule has 29 heavy (non-hydrogen) atoms. The number of nitrogens with one attached hydrogen (secondary N) is 2. The normalized spacial score (nSPS) is 19.6. The van der Waals surface area contributed by atoms with Gasteiger partial charge < -0.3 is 14.8 Å². The summed E-state index contributed by atoms with van der Waals surface area (Å²) in [6, 6.07) is 4.99. The molecule has 1 aliphatic carbocycles. The maximum Gasteiger partial charge on any atom is 0.413 e. The Morgan fingerprint density at radius 3 is 2.31 bits per heavy atom. The molecule has 2 rings (SSSR count). The Hall–Kier alpha value is -2.64. The number of nitrogens with zero attached hydrogens (tertiary/aromatic N) is 1. The van der Waals surface area contributed by atoms with E-state index in [2.05, 4.69) is 15.6 Å². The lowest BCUT2D eigenvalue weighted by molar-refractivity contribution is -0.120. The number of anilines is 1. The van der Waals surface area contributed by atoms with Gasteiger partial charge in [-0.05, 0) is 66.5 Å². The van der Waals surface area contributed by atoms with Gasteiger partial charge in [-0.1, -0.05) is 6.07 Å². The van der Waals surface area contributed by atoms with Crippen LogP contribution in [0.25, 0.3) is 0 Å². The molecule has 8 heteroatoms. The van der Waals surface area contributed by atoms with Crippen molar-refractivity contribution < 1.29 is 23.9 Å². The number of ketones is 1. The van der Waals surface area contributed by atoms with Crippen molar-refractivity contribution >= 4 is 23.8 Å². The van der Waals surface area contributed by atoms with Crippen molar-refractivity contribution in [1.82, 2.24) is 10.3 Å². The molecule has 0 radical (unpaired) electrons. The summed E-state index contributed by atoms with van der Waals surface area (Å²) in [5.41, 5.74) is -0.499. The fraction of sp³-hybridized carbons (Fsp3) is 0.619. The Morgan fingerprint density at radius 2 is 1.69 bits per heavy atom. The maximum absolute atomic E-state index is 12.4. The van der Waals surface area contributed by atoms with Crippen LogP contribution in [0.5, 0.6) is 0 Å². The molecule has 2 N–H and O–H groups in total. The first-order valence-corrected chi connectivity index (χ1v) is 9.79. The molecule has 8 nitrogen and oxygen atoms in total. The monoisotopic (exact) mass is 405 g/mol. The van der Waals surface area contributed by atoms with Gasteiger partial charge in [0.2, 0.25) is 0 Å². The SMILES string of the molecule is CC(C)(C)OC(=O)Nc1cccc(CC2CC(NC(=O)OC(C)(C)C)CC2=O)n1. The van der Waals surface area contributed by atoms with E-state index in [9.17, 15) is 14.4 Å². The number of carbonyl (C=O) groups excluding carboxylic acids is 3. The van der Waals surface area contributed by atoms with Gasteiger partial charge in [0.1, 0.15) is 22.8 Å². The summed E-state index contributed by atoms with van der Waals surface area (Å²) in [5.74, 6) is 0.211. The number of ether oxygens (including phenoxy) is 2. The summed E-state index contributed by atoms with van der Waals surface area (Å²) in [7, 11) is 0. The van der Waals surface area contributed by atoms with Crippen LogP contribution in [0.1, 0.15) is 60.1 Å². The van der Waals surface area contributed by atoms with Crippen LogP contribution in [0.15, 0.2) is 18.2 Å². The highest BCUT2D eigenvalue weighted by atomic mass is 16.6. The van der Waals surface area contributed by atoms with Crippen LogP contribution in [-0.4, -0.2) is 40.2 Å². The standard InChI is InChI=1S/C21H31N3O5/c1-20(2,3)28-18(26)23-15-11-13(16(25)12-15)10-14-8-7-9-17(22-14)24-19(27)29-21(4,5)6/h7-9,13,15H,10-12H2,1-6H3,(H,23,26)(H,22,24,27). The van der Waals surface area contributed by atoms with Crippen LogP contribution in [-0.2, 0) is 20.7 Å². The average Bonchev–Trinajstić information content (AvgIpc) is 2.82. The van der Waals surface area contributed by atoms with Gasteiger partial charge >= 0.3 is 12.2 Å². The van der Waals surface area contributed by atoms with Gasteiger partial charge in [0, 0.05) is 24.1 Å². The summed E-state index contributed by atoms with van der Waals surface area (Å²) in [6.45, 7) is 10.7. The van der Waals surface area contributed by atoms with E-state index < -0.39 is 23.4 Å². The average molecular weight is 405 g/mol. The second kappa shape index (κ2) is 8.80. The van der Waals surface area contributed by atoms with E-state index in [0.29, 0.717) is 24.4 Å². The first-order chi connectivity index (χ1) is 13.3. The van der Waals surface area contributed by atoms with Crippen molar-refractivity contribution in [3.63, 3.8) is 0 Å². The molecule has 1 saturated carbocycles. The highest BCUT2D eigenvalue weighted by Gasteiger charge is 2.34. The smallest absolute Gasteiger partial charge is 0.413 e. The van der Waals surface area contributed by atoms with Crippen molar-refractivity contribution in [3.8, 4) is 0 Å². The molecule has 2 amide bonds. The molecule has 2 atom stereocenters. The molecule has 160 valence electrons. The molecule has 1 heterocycles. The van der Waals surface area contributed by atoms with Crippen LogP contribution in [0.2, 0.25) is 0 Å². The van der Waals surface area contributed by atoms with Crippen LogP contribution in [0.3, 0.4) is 0 Å². The Bertz CT molecular complexity index is 764. The quantitative estimate of drug-likeness (QED) is 0.788. The largest absolute Gasteiger partial charge is 0.444 e. The van der Waals surface area contributed by atoms with E-state index in [1.54, 1.807) is 53.7 Å². The summed E-state index contributed by atoms with van der Waals surface area (Å²) >= 11 is 0. The van der Waals surface area contributed by atoms with Gasteiger partial charge in [0.15, 0.2) is 0 Å². The van der Waals surface area contributed by atoms with E-state index in [0.717, 1.165) is 0 Å². The lowest BCUT2D eigenvalue weighted by Gasteiger charge is -2.21. The number of rotatable bonds is 4. The van der Waals surface area contributed by atoms with E-state index >= 15 is 0 Å². The molecule has 1 fully saturated rings. The second-order valence-electron chi connectivity index (χ2n) is 9.29. The summed E-state index contributed by atoms with van der Waals surface area (Å²) in [5, 5.41) is 5.37. The molecule has 0 bridgehead atoms. The molecule has 1 aliphatic rings. The molecular weight excluding hydrogens is 374 g/mol. The number of amides is 2. The molecule has 0 aromatic carbocycles. The second-order valence-corrected chi connectivity index (χ2v) is 9.29. The zero-order valence-electron chi connectivity index (χ0n) is 18.0. The highest BCUT2D eigenvalue weighted by Crippen LogP contribution is 2.26. The van der Waals surface area contributed by atoms with Crippen LogP contribution in [0, 0.1) is 5.92 Å².